The predicted molar refractivity (Wildman–Crippen MR) is 104 cm³/mol. The number of aryl methyl sites for hydroxylation is 2. The Morgan fingerprint density at radius 2 is 2.04 bits per heavy atom. The molecule has 0 aliphatic rings. The fourth-order valence-electron chi connectivity index (χ4n) is 2.82. The molecule has 28 heavy (non-hydrogen) atoms. The molecule has 3 aromatic heterocycles. The zero-order chi connectivity index (χ0) is 19.7. The van der Waals surface area contributed by atoms with Gasteiger partial charge in [0.15, 0.2) is 11.5 Å². The van der Waals surface area contributed by atoms with Crippen molar-refractivity contribution in [3.63, 3.8) is 0 Å². The molecule has 7 nitrogen and oxygen atoms in total. The highest BCUT2D eigenvalue weighted by molar-refractivity contribution is 7.18. The van der Waals surface area contributed by atoms with E-state index >= 15 is 0 Å². The number of fused-ring (bicyclic) bond motifs is 1. The standard InChI is InChI=1S/C20H19N3O4S/c1-12-4-5-15(26-12)10-23(3)20(24)18-9-16(27-22-18)11-25-14-6-7-19-17(8-14)21-13(2)28-19/h4-9H,10-11H2,1-3H3. The number of hydrogen-bond donors (Lipinski definition) is 0. The Morgan fingerprint density at radius 1 is 1.18 bits per heavy atom. The van der Waals surface area contributed by atoms with Crippen molar-refractivity contribution in [2.75, 3.05) is 7.05 Å². The van der Waals surface area contributed by atoms with Gasteiger partial charge in [-0.3, -0.25) is 4.79 Å². The van der Waals surface area contributed by atoms with Gasteiger partial charge in [-0.2, -0.15) is 0 Å². The zero-order valence-electron chi connectivity index (χ0n) is 15.8. The van der Waals surface area contributed by atoms with Crippen molar-refractivity contribution < 1.29 is 18.5 Å². The summed E-state index contributed by atoms with van der Waals surface area (Å²) in [5.74, 6) is 2.44. The fraction of sp³-hybridized carbons (Fsp3) is 0.250. The van der Waals surface area contributed by atoms with Crippen molar-refractivity contribution in [1.82, 2.24) is 15.0 Å². The highest BCUT2D eigenvalue weighted by atomic mass is 32.1. The first-order valence-corrected chi connectivity index (χ1v) is 9.56. The van der Waals surface area contributed by atoms with Crippen LogP contribution < -0.4 is 4.74 Å². The Kier molecular flexibility index (Phi) is 4.87. The van der Waals surface area contributed by atoms with Crippen molar-refractivity contribution in [1.29, 1.82) is 0 Å². The number of thiazole rings is 1. The van der Waals surface area contributed by atoms with E-state index in [9.17, 15) is 4.79 Å². The second kappa shape index (κ2) is 7.47. The average molecular weight is 397 g/mol. The largest absolute Gasteiger partial charge is 0.485 e. The topological polar surface area (TPSA) is 81.6 Å². The van der Waals surface area contributed by atoms with Gasteiger partial charge in [0.2, 0.25) is 0 Å². The maximum atomic E-state index is 12.5. The van der Waals surface area contributed by atoms with Crippen LogP contribution in [0.5, 0.6) is 5.75 Å². The molecule has 0 saturated carbocycles. The summed E-state index contributed by atoms with van der Waals surface area (Å²) in [6.45, 7) is 4.37. The van der Waals surface area contributed by atoms with Crippen LogP contribution in [-0.2, 0) is 13.2 Å². The normalized spacial score (nSPS) is 11.1. The quantitative estimate of drug-likeness (QED) is 0.481. The molecule has 1 aromatic carbocycles. The van der Waals surface area contributed by atoms with Crippen molar-refractivity contribution in [3.05, 3.63) is 64.4 Å². The molecular formula is C20H19N3O4S. The van der Waals surface area contributed by atoms with E-state index in [-0.39, 0.29) is 18.2 Å². The third-order valence-corrected chi connectivity index (χ3v) is 5.11. The van der Waals surface area contributed by atoms with E-state index in [4.69, 9.17) is 13.7 Å². The molecule has 0 aliphatic heterocycles. The van der Waals surface area contributed by atoms with E-state index in [0.29, 0.717) is 23.8 Å². The second-order valence-corrected chi connectivity index (χ2v) is 7.74. The Morgan fingerprint density at radius 3 is 2.82 bits per heavy atom. The zero-order valence-corrected chi connectivity index (χ0v) is 16.6. The van der Waals surface area contributed by atoms with Gasteiger partial charge in [0, 0.05) is 19.2 Å². The number of ether oxygens (including phenoxy) is 1. The van der Waals surface area contributed by atoms with Crippen LogP contribution in [0.1, 0.15) is 32.8 Å². The highest BCUT2D eigenvalue weighted by Gasteiger charge is 2.18. The minimum absolute atomic E-state index is 0.177. The van der Waals surface area contributed by atoms with Crippen LogP contribution in [0.2, 0.25) is 0 Å². The minimum atomic E-state index is -0.247. The molecule has 0 bridgehead atoms. The second-order valence-electron chi connectivity index (χ2n) is 6.50. The van der Waals surface area contributed by atoms with Gasteiger partial charge in [-0.15, -0.1) is 11.3 Å². The molecule has 3 heterocycles. The lowest BCUT2D eigenvalue weighted by atomic mass is 10.3. The third kappa shape index (κ3) is 3.91. The average Bonchev–Trinajstić information content (AvgIpc) is 3.38. The number of furan rings is 1. The van der Waals surface area contributed by atoms with Gasteiger partial charge in [0.25, 0.3) is 5.91 Å². The summed E-state index contributed by atoms with van der Waals surface area (Å²) >= 11 is 1.64. The molecule has 0 saturated heterocycles. The van der Waals surface area contributed by atoms with Gasteiger partial charge in [-0.05, 0) is 38.1 Å². The first kappa shape index (κ1) is 18.2. The summed E-state index contributed by atoms with van der Waals surface area (Å²) in [6.07, 6.45) is 0. The van der Waals surface area contributed by atoms with Crippen LogP contribution in [0, 0.1) is 13.8 Å². The van der Waals surface area contributed by atoms with Crippen LogP contribution in [-0.4, -0.2) is 28.0 Å². The maximum absolute atomic E-state index is 12.5. The molecule has 0 radical (unpaired) electrons. The van der Waals surface area contributed by atoms with Crippen molar-refractivity contribution in [2.45, 2.75) is 27.0 Å². The van der Waals surface area contributed by atoms with Crippen LogP contribution in [0.3, 0.4) is 0 Å². The van der Waals surface area contributed by atoms with E-state index in [2.05, 4.69) is 10.1 Å². The molecular weight excluding hydrogens is 378 g/mol. The minimum Gasteiger partial charge on any atom is -0.485 e. The van der Waals surface area contributed by atoms with Crippen molar-refractivity contribution >= 4 is 27.5 Å². The number of carbonyl (C=O) groups excluding carboxylic acids is 1. The summed E-state index contributed by atoms with van der Waals surface area (Å²) in [4.78, 5) is 18.5. The van der Waals surface area contributed by atoms with Gasteiger partial charge in [0.1, 0.15) is 23.9 Å². The number of nitrogens with zero attached hydrogens (tertiary/aromatic N) is 3. The number of hydrogen-bond acceptors (Lipinski definition) is 7. The summed E-state index contributed by atoms with van der Waals surface area (Å²) < 4.78 is 17.6. The number of amides is 1. The molecule has 0 unspecified atom stereocenters. The van der Waals surface area contributed by atoms with Crippen LogP contribution in [0.15, 0.2) is 45.3 Å². The summed E-state index contributed by atoms with van der Waals surface area (Å²) in [6, 6.07) is 11.1. The lowest BCUT2D eigenvalue weighted by Crippen LogP contribution is -2.26. The van der Waals surface area contributed by atoms with Crippen LogP contribution in [0.4, 0.5) is 0 Å². The number of rotatable bonds is 6. The molecule has 0 aliphatic carbocycles. The van der Waals surface area contributed by atoms with E-state index in [1.54, 1.807) is 24.5 Å². The molecule has 144 valence electrons. The summed E-state index contributed by atoms with van der Waals surface area (Å²) in [5.41, 5.74) is 1.14. The lowest BCUT2D eigenvalue weighted by molar-refractivity contribution is 0.0764. The fourth-order valence-corrected chi connectivity index (χ4v) is 3.63. The Labute approximate surface area is 165 Å². The monoisotopic (exact) mass is 397 g/mol. The molecule has 0 N–H and O–H groups in total. The number of carbonyl (C=O) groups is 1. The lowest BCUT2D eigenvalue weighted by Gasteiger charge is -2.13. The van der Waals surface area contributed by atoms with Gasteiger partial charge in [0.05, 0.1) is 21.8 Å². The van der Waals surface area contributed by atoms with Gasteiger partial charge >= 0.3 is 0 Å². The molecule has 0 atom stereocenters. The Hall–Kier alpha value is -3.13. The molecule has 1 amide bonds. The van der Waals surface area contributed by atoms with Crippen LogP contribution >= 0.6 is 11.3 Å². The first-order chi connectivity index (χ1) is 13.5. The highest BCUT2D eigenvalue weighted by Crippen LogP contribution is 2.26. The van der Waals surface area contributed by atoms with Crippen molar-refractivity contribution in [2.24, 2.45) is 0 Å². The smallest absolute Gasteiger partial charge is 0.276 e. The number of aromatic nitrogens is 2. The molecule has 0 spiro atoms. The number of benzene rings is 1. The predicted octanol–water partition coefficient (Wildman–Crippen LogP) is 4.35. The van der Waals surface area contributed by atoms with E-state index in [1.807, 2.05) is 44.2 Å². The first-order valence-electron chi connectivity index (χ1n) is 8.74. The molecule has 4 aromatic rings. The van der Waals surface area contributed by atoms with Gasteiger partial charge in [-0.1, -0.05) is 5.16 Å². The van der Waals surface area contributed by atoms with E-state index in [1.165, 1.54) is 4.90 Å². The van der Waals surface area contributed by atoms with Crippen molar-refractivity contribution in [3.8, 4) is 5.75 Å². The molecule has 0 fully saturated rings. The van der Waals surface area contributed by atoms with Gasteiger partial charge < -0.3 is 18.6 Å². The molecule has 8 heteroatoms. The van der Waals surface area contributed by atoms with Gasteiger partial charge in [-0.25, -0.2) is 4.98 Å². The molecule has 4 rings (SSSR count). The Bertz CT molecular complexity index is 1130. The summed E-state index contributed by atoms with van der Waals surface area (Å²) in [5, 5.41) is 4.88. The third-order valence-electron chi connectivity index (χ3n) is 4.16. The SMILES string of the molecule is Cc1ccc(CN(C)C(=O)c2cc(COc3ccc4sc(C)nc4c3)on2)o1. The maximum Gasteiger partial charge on any atom is 0.276 e. The Balaban J connectivity index is 1.38. The van der Waals surface area contributed by atoms with E-state index < -0.39 is 0 Å². The van der Waals surface area contributed by atoms with E-state index in [0.717, 1.165) is 21.0 Å². The van der Waals surface area contributed by atoms with Crippen LogP contribution in [0.25, 0.3) is 10.2 Å². The summed E-state index contributed by atoms with van der Waals surface area (Å²) in [7, 11) is 1.69.